The van der Waals surface area contributed by atoms with Crippen LogP contribution in [-0.4, -0.2) is 17.6 Å². The van der Waals surface area contributed by atoms with Crippen molar-refractivity contribution in [2.75, 3.05) is 7.11 Å². The molecule has 15 heavy (non-hydrogen) atoms. The fourth-order valence-electron chi connectivity index (χ4n) is 1.40. The second-order valence-corrected chi connectivity index (χ2v) is 5.15. The Kier molecular flexibility index (Phi) is 4.04. The van der Waals surface area contributed by atoms with Gasteiger partial charge in [-0.1, -0.05) is 13.8 Å². The van der Waals surface area contributed by atoms with Crippen molar-refractivity contribution < 1.29 is 9.53 Å². The molecule has 0 aliphatic rings. The van der Waals surface area contributed by atoms with Crippen molar-refractivity contribution in [2.45, 2.75) is 32.7 Å². The SMILES string of the molecule is COC(=O)C(C)n1c(C(C)C)csc1=S. The number of methoxy groups -OCH3 is 1. The number of thiazole rings is 1. The number of hydrogen-bond acceptors (Lipinski definition) is 4. The summed E-state index contributed by atoms with van der Waals surface area (Å²) in [6.45, 7) is 5.97. The molecule has 0 bridgehead atoms. The minimum absolute atomic E-state index is 0.258. The van der Waals surface area contributed by atoms with E-state index in [0.29, 0.717) is 5.92 Å². The van der Waals surface area contributed by atoms with E-state index in [2.05, 4.69) is 13.8 Å². The molecule has 1 aromatic rings. The summed E-state index contributed by atoms with van der Waals surface area (Å²) in [4.78, 5) is 11.5. The predicted octanol–water partition coefficient (Wildman–Crippen LogP) is 3.14. The molecule has 3 nitrogen and oxygen atoms in total. The molecule has 0 aliphatic heterocycles. The van der Waals surface area contributed by atoms with Crippen LogP contribution in [-0.2, 0) is 9.53 Å². The van der Waals surface area contributed by atoms with Crippen LogP contribution in [0.25, 0.3) is 0 Å². The van der Waals surface area contributed by atoms with Crippen molar-refractivity contribution >= 4 is 29.5 Å². The maximum Gasteiger partial charge on any atom is 0.328 e. The van der Waals surface area contributed by atoms with Gasteiger partial charge in [0.15, 0.2) is 3.95 Å². The third kappa shape index (κ3) is 2.46. The zero-order valence-electron chi connectivity index (χ0n) is 9.31. The van der Waals surface area contributed by atoms with Crippen molar-refractivity contribution in [2.24, 2.45) is 0 Å². The Morgan fingerprint density at radius 1 is 1.53 bits per heavy atom. The first kappa shape index (κ1) is 12.4. The molecule has 0 N–H and O–H groups in total. The van der Waals surface area contributed by atoms with Crippen LogP contribution in [0.5, 0.6) is 0 Å². The van der Waals surface area contributed by atoms with E-state index in [1.54, 1.807) is 6.92 Å². The van der Waals surface area contributed by atoms with Crippen LogP contribution in [0.3, 0.4) is 0 Å². The van der Waals surface area contributed by atoms with Crippen LogP contribution >= 0.6 is 23.6 Å². The van der Waals surface area contributed by atoms with E-state index >= 15 is 0 Å². The van der Waals surface area contributed by atoms with Gasteiger partial charge in [-0.2, -0.15) is 0 Å². The molecule has 1 aromatic heterocycles. The topological polar surface area (TPSA) is 31.2 Å². The Labute approximate surface area is 98.7 Å². The van der Waals surface area contributed by atoms with Crippen molar-refractivity contribution in [3.05, 3.63) is 15.0 Å². The first-order valence-corrected chi connectivity index (χ1v) is 6.05. The maximum absolute atomic E-state index is 11.5. The lowest BCUT2D eigenvalue weighted by atomic mass is 10.1. The van der Waals surface area contributed by atoms with Gasteiger partial charge in [-0.05, 0) is 25.1 Å². The number of rotatable bonds is 3. The van der Waals surface area contributed by atoms with Gasteiger partial charge in [0.05, 0.1) is 7.11 Å². The predicted molar refractivity (Wildman–Crippen MR) is 64.0 cm³/mol. The molecular formula is C10H15NO2S2. The largest absolute Gasteiger partial charge is 0.467 e. The van der Waals surface area contributed by atoms with Crippen molar-refractivity contribution in [1.29, 1.82) is 0 Å². The molecule has 0 spiro atoms. The van der Waals surface area contributed by atoms with Gasteiger partial charge in [0.2, 0.25) is 0 Å². The molecule has 1 rings (SSSR count). The van der Waals surface area contributed by atoms with E-state index in [9.17, 15) is 4.79 Å². The lowest BCUT2D eigenvalue weighted by Crippen LogP contribution is -2.20. The summed E-state index contributed by atoms with van der Waals surface area (Å²) in [6.07, 6.45) is 0. The Balaban J connectivity index is 3.17. The summed E-state index contributed by atoms with van der Waals surface area (Å²) in [6, 6.07) is -0.342. The number of ether oxygens (including phenoxy) is 1. The highest BCUT2D eigenvalue weighted by Crippen LogP contribution is 2.24. The average molecular weight is 245 g/mol. The first-order valence-electron chi connectivity index (χ1n) is 4.76. The summed E-state index contributed by atoms with van der Waals surface area (Å²) in [5.74, 6) is 0.0939. The molecule has 0 radical (unpaired) electrons. The van der Waals surface area contributed by atoms with Gasteiger partial charge < -0.3 is 9.30 Å². The first-order chi connectivity index (χ1) is 6.99. The van der Waals surface area contributed by atoms with E-state index in [1.165, 1.54) is 18.4 Å². The molecule has 0 aliphatic carbocycles. The van der Waals surface area contributed by atoms with E-state index in [-0.39, 0.29) is 12.0 Å². The molecular weight excluding hydrogens is 230 g/mol. The molecule has 0 amide bonds. The highest BCUT2D eigenvalue weighted by atomic mass is 32.1. The monoisotopic (exact) mass is 245 g/mol. The third-order valence-corrected chi connectivity index (χ3v) is 3.52. The zero-order chi connectivity index (χ0) is 11.6. The average Bonchev–Trinajstić information content (AvgIpc) is 2.58. The van der Waals surface area contributed by atoms with E-state index in [1.807, 2.05) is 9.95 Å². The maximum atomic E-state index is 11.5. The molecule has 1 unspecified atom stereocenters. The molecule has 1 atom stereocenters. The van der Waals surface area contributed by atoms with Gasteiger partial charge in [0, 0.05) is 11.1 Å². The number of aromatic nitrogens is 1. The molecule has 5 heteroatoms. The molecule has 1 heterocycles. The number of carbonyl (C=O) groups is 1. The second kappa shape index (κ2) is 4.90. The van der Waals surface area contributed by atoms with Gasteiger partial charge in [-0.15, -0.1) is 11.3 Å². The van der Waals surface area contributed by atoms with Gasteiger partial charge in [-0.3, -0.25) is 0 Å². The number of carbonyl (C=O) groups excluding carboxylic acids is 1. The van der Waals surface area contributed by atoms with Crippen LogP contribution < -0.4 is 0 Å². The van der Waals surface area contributed by atoms with E-state index in [4.69, 9.17) is 17.0 Å². The number of esters is 1. The second-order valence-electron chi connectivity index (χ2n) is 3.65. The number of nitrogens with zero attached hydrogens (tertiary/aromatic N) is 1. The van der Waals surface area contributed by atoms with Gasteiger partial charge in [-0.25, -0.2) is 4.79 Å². The van der Waals surface area contributed by atoms with E-state index in [0.717, 1.165) is 9.65 Å². The summed E-state index contributed by atoms with van der Waals surface area (Å²) >= 11 is 6.69. The molecule has 0 aromatic carbocycles. The minimum Gasteiger partial charge on any atom is -0.467 e. The lowest BCUT2D eigenvalue weighted by molar-refractivity contribution is -0.144. The quantitative estimate of drug-likeness (QED) is 0.605. The van der Waals surface area contributed by atoms with Crippen LogP contribution in [0.15, 0.2) is 5.38 Å². The zero-order valence-corrected chi connectivity index (χ0v) is 10.9. The van der Waals surface area contributed by atoms with Crippen molar-refractivity contribution in [1.82, 2.24) is 4.57 Å². The summed E-state index contributed by atoms with van der Waals surface area (Å²) in [5.41, 5.74) is 1.09. The van der Waals surface area contributed by atoms with Crippen molar-refractivity contribution in [3.8, 4) is 0 Å². The number of hydrogen-bond donors (Lipinski definition) is 0. The molecule has 0 fully saturated rings. The molecule has 0 saturated carbocycles. The summed E-state index contributed by atoms with van der Waals surface area (Å²) in [5, 5.41) is 2.01. The van der Waals surface area contributed by atoms with Gasteiger partial charge >= 0.3 is 5.97 Å². The molecule has 84 valence electrons. The highest BCUT2D eigenvalue weighted by molar-refractivity contribution is 7.73. The van der Waals surface area contributed by atoms with Crippen LogP contribution in [0.4, 0.5) is 0 Å². The smallest absolute Gasteiger partial charge is 0.328 e. The standard InChI is InChI=1S/C10H15NO2S2/c1-6(2)8-5-15-10(14)11(8)7(3)9(12)13-4/h5-7H,1-4H3. The van der Waals surface area contributed by atoms with Crippen LogP contribution in [0, 0.1) is 3.95 Å². The third-order valence-electron chi connectivity index (χ3n) is 2.28. The summed E-state index contributed by atoms with van der Waals surface area (Å²) < 4.78 is 7.31. The molecule has 0 saturated heterocycles. The van der Waals surface area contributed by atoms with Gasteiger partial charge in [0.1, 0.15) is 6.04 Å². The van der Waals surface area contributed by atoms with Crippen LogP contribution in [0.2, 0.25) is 0 Å². The summed E-state index contributed by atoms with van der Waals surface area (Å²) in [7, 11) is 1.39. The van der Waals surface area contributed by atoms with Crippen LogP contribution in [0.1, 0.15) is 38.4 Å². The fraction of sp³-hybridized carbons (Fsp3) is 0.600. The van der Waals surface area contributed by atoms with Gasteiger partial charge in [0.25, 0.3) is 0 Å². The highest BCUT2D eigenvalue weighted by Gasteiger charge is 2.20. The van der Waals surface area contributed by atoms with E-state index < -0.39 is 0 Å². The normalized spacial score (nSPS) is 12.9. The Morgan fingerprint density at radius 3 is 2.60 bits per heavy atom. The Bertz CT molecular complexity index is 406. The fourth-order valence-corrected chi connectivity index (χ4v) is 2.79. The lowest BCUT2D eigenvalue weighted by Gasteiger charge is -2.16. The minimum atomic E-state index is -0.342. The Morgan fingerprint density at radius 2 is 2.13 bits per heavy atom. The van der Waals surface area contributed by atoms with Crippen molar-refractivity contribution in [3.63, 3.8) is 0 Å². The Hall–Kier alpha value is -0.680.